The number of carbonyl (C=O) groups is 4. The molecule has 0 N–H and O–H groups in total. The van der Waals surface area contributed by atoms with Gasteiger partial charge in [0.1, 0.15) is 6.07 Å². The topological polar surface area (TPSA) is 111 Å². The lowest BCUT2D eigenvalue weighted by atomic mass is 9.47. The third kappa shape index (κ3) is 2.82. The number of para-hydroxylation sites is 1. The lowest BCUT2D eigenvalue weighted by Crippen LogP contribution is -2.55. The van der Waals surface area contributed by atoms with Gasteiger partial charge in [-0.3, -0.25) is 19.2 Å². The van der Waals surface area contributed by atoms with Gasteiger partial charge in [-0.05, 0) is 64.5 Å². The average Bonchev–Trinajstić information content (AvgIpc) is 3.81. The highest BCUT2D eigenvalue weighted by Gasteiger charge is 2.70. The molecule has 12 rings (SSSR count). The van der Waals surface area contributed by atoms with Crippen molar-refractivity contribution >= 4 is 35.5 Å². The minimum Gasteiger partial charge on any atom is -0.274 e. The van der Waals surface area contributed by atoms with Crippen molar-refractivity contribution in [3.05, 3.63) is 113 Å². The predicted octanol–water partition coefficient (Wildman–Crippen LogP) is 4.15. The van der Waals surface area contributed by atoms with Crippen LogP contribution in [0.1, 0.15) is 40.2 Å². The van der Waals surface area contributed by atoms with E-state index in [1.807, 2.05) is 48.5 Å². The number of allylic oxidation sites excluding steroid dienone is 2. The van der Waals surface area contributed by atoms with Crippen LogP contribution in [0.3, 0.4) is 0 Å². The Kier molecular flexibility index (Phi) is 4.65. The molecule has 8 heteroatoms. The van der Waals surface area contributed by atoms with Crippen LogP contribution in [0, 0.1) is 58.7 Å². The Bertz CT molecular complexity index is 1960. The maximum absolute atomic E-state index is 14.7. The monoisotopic (exact) mass is 590 g/mol. The summed E-state index contributed by atoms with van der Waals surface area (Å²) in [7, 11) is 0. The van der Waals surface area contributed by atoms with Gasteiger partial charge in [0.25, 0.3) is 11.8 Å². The highest BCUT2D eigenvalue weighted by atomic mass is 16.2. The summed E-state index contributed by atoms with van der Waals surface area (Å²) < 4.78 is 0. The zero-order chi connectivity index (χ0) is 30.4. The molecule has 8 atom stereocenters. The number of hydrazone groups is 1. The Morgan fingerprint density at radius 1 is 0.733 bits per heavy atom. The van der Waals surface area contributed by atoms with Gasteiger partial charge in [-0.2, -0.15) is 15.4 Å². The number of imide groups is 2. The second kappa shape index (κ2) is 8.30. The summed E-state index contributed by atoms with van der Waals surface area (Å²) in [6.45, 7) is 0. The Balaban J connectivity index is 1.16. The van der Waals surface area contributed by atoms with Crippen molar-refractivity contribution in [2.45, 2.75) is 17.8 Å². The lowest BCUT2D eigenvalue weighted by molar-refractivity contribution is -0.140. The van der Waals surface area contributed by atoms with E-state index in [1.54, 1.807) is 30.5 Å². The normalized spacial score (nSPS) is 37.4. The maximum Gasteiger partial charge on any atom is 0.254 e. The molecule has 0 radical (unpaired) electrons. The number of hydrogen-bond donors (Lipinski definition) is 0. The van der Waals surface area contributed by atoms with E-state index < -0.39 is 35.0 Å². The third-order valence-electron chi connectivity index (χ3n) is 12.0. The molecule has 0 aromatic heterocycles. The highest BCUT2D eigenvalue weighted by Crippen LogP contribution is 2.66. The Labute approximate surface area is 258 Å². The molecule has 4 bridgehead atoms. The summed E-state index contributed by atoms with van der Waals surface area (Å²) >= 11 is 0. The largest absolute Gasteiger partial charge is 0.274 e. The fraction of sp³-hybridized carbons (Fsp3) is 0.297. The van der Waals surface area contributed by atoms with Crippen molar-refractivity contribution in [2.75, 3.05) is 4.90 Å². The predicted molar refractivity (Wildman–Crippen MR) is 161 cm³/mol. The lowest BCUT2D eigenvalue weighted by Gasteiger charge is -2.52. The van der Waals surface area contributed by atoms with Crippen molar-refractivity contribution in [3.8, 4) is 6.07 Å². The SMILES string of the molecule is N#Cc1ccccc1N1C(=O)[C@@H]2C3c4ccccc4C(/C=N\N4C(=O)[C@@H]5[C@H]6C=C[C@@H]([C@@H]7C[C@H]67)[C@H]5C4=O)(c4ccccc43)[C@H]2C1=O. The molecule has 2 heterocycles. The van der Waals surface area contributed by atoms with Gasteiger partial charge in [-0.15, -0.1) is 0 Å². The molecule has 0 spiro atoms. The molecule has 45 heavy (non-hydrogen) atoms. The summed E-state index contributed by atoms with van der Waals surface area (Å²) in [4.78, 5) is 58.1. The van der Waals surface area contributed by atoms with E-state index in [0.29, 0.717) is 11.8 Å². The van der Waals surface area contributed by atoms with Gasteiger partial charge in [-0.1, -0.05) is 72.8 Å². The first kappa shape index (κ1) is 25.2. The van der Waals surface area contributed by atoms with Crippen LogP contribution in [0.5, 0.6) is 0 Å². The molecule has 7 aliphatic carbocycles. The first-order valence-electron chi connectivity index (χ1n) is 15.6. The molecule has 3 aromatic rings. The van der Waals surface area contributed by atoms with E-state index in [-0.39, 0.29) is 46.7 Å². The van der Waals surface area contributed by atoms with Crippen LogP contribution in [-0.4, -0.2) is 34.9 Å². The smallest absolute Gasteiger partial charge is 0.254 e. The highest BCUT2D eigenvalue weighted by molar-refractivity contribution is 6.25. The zero-order valence-electron chi connectivity index (χ0n) is 24.0. The van der Waals surface area contributed by atoms with Crippen molar-refractivity contribution in [1.29, 1.82) is 5.26 Å². The standard InChI is InChI=1S/C37H26N4O4/c38-16-18-7-1-6-12-27(18)40-33(42)31-28-21-8-2-4-10-25(21)37(32(31)36(40)45,26-11-5-3-9-22(26)28)17-39-41-34(43)29-19-13-14-20(24-15-23(19)24)30(29)35(41)44/h1-14,17,19-20,23-24,28-32H,15H2/b39-17-/t19-,20-,23-,24+,28?,29+,30+,31+,32+,37?/m0/s1. The first-order valence-corrected chi connectivity index (χ1v) is 15.6. The van der Waals surface area contributed by atoms with E-state index >= 15 is 0 Å². The number of nitrogens with zero attached hydrogens (tertiary/aromatic N) is 4. The summed E-state index contributed by atoms with van der Waals surface area (Å²) in [5.74, 6) is -3.04. The van der Waals surface area contributed by atoms with Crippen molar-refractivity contribution in [1.82, 2.24) is 5.01 Å². The summed E-state index contributed by atoms with van der Waals surface area (Å²) in [5.41, 5.74) is 2.82. The number of anilines is 1. The van der Waals surface area contributed by atoms with Gasteiger partial charge in [0.15, 0.2) is 0 Å². The Morgan fingerprint density at radius 2 is 1.31 bits per heavy atom. The van der Waals surface area contributed by atoms with Crippen LogP contribution < -0.4 is 4.90 Å². The first-order chi connectivity index (χ1) is 22.0. The van der Waals surface area contributed by atoms with Gasteiger partial charge in [0, 0.05) is 12.1 Å². The summed E-state index contributed by atoms with van der Waals surface area (Å²) in [6.07, 6.45) is 6.95. The third-order valence-corrected chi connectivity index (χ3v) is 12.0. The number of hydrogen-bond acceptors (Lipinski definition) is 6. The second-order valence-corrected chi connectivity index (χ2v) is 13.6. The van der Waals surface area contributed by atoms with Crippen molar-refractivity contribution in [2.24, 2.45) is 52.4 Å². The van der Waals surface area contributed by atoms with Crippen LogP contribution >= 0.6 is 0 Å². The number of amides is 4. The second-order valence-electron chi connectivity index (χ2n) is 13.6. The maximum atomic E-state index is 14.7. The van der Waals surface area contributed by atoms with E-state index in [4.69, 9.17) is 5.10 Å². The van der Waals surface area contributed by atoms with Crippen LogP contribution in [0.2, 0.25) is 0 Å². The van der Waals surface area contributed by atoms with Gasteiger partial charge in [0.05, 0.1) is 40.3 Å². The molecule has 0 unspecified atom stereocenters. The van der Waals surface area contributed by atoms with Crippen LogP contribution in [-0.2, 0) is 24.6 Å². The molecule has 2 aliphatic heterocycles. The molecular weight excluding hydrogens is 564 g/mol. The quantitative estimate of drug-likeness (QED) is 0.259. The summed E-state index contributed by atoms with van der Waals surface area (Å²) in [6, 6.07) is 24.4. The molecule has 4 fully saturated rings. The van der Waals surface area contributed by atoms with Crippen molar-refractivity contribution in [3.63, 3.8) is 0 Å². The van der Waals surface area contributed by atoms with Crippen molar-refractivity contribution < 1.29 is 19.2 Å². The van der Waals surface area contributed by atoms with Crippen LogP contribution in [0.15, 0.2) is 90.0 Å². The van der Waals surface area contributed by atoms with Gasteiger partial charge in [0.2, 0.25) is 11.8 Å². The van der Waals surface area contributed by atoms with E-state index in [9.17, 15) is 24.4 Å². The fourth-order valence-electron chi connectivity index (χ4n) is 10.3. The van der Waals surface area contributed by atoms with E-state index in [0.717, 1.165) is 33.7 Å². The van der Waals surface area contributed by atoms with Crippen LogP contribution in [0.4, 0.5) is 5.69 Å². The van der Waals surface area contributed by atoms with Gasteiger partial charge in [-0.25, -0.2) is 4.90 Å². The molecule has 8 nitrogen and oxygen atoms in total. The van der Waals surface area contributed by atoms with E-state index in [1.165, 1.54) is 4.90 Å². The minimum absolute atomic E-state index is 0.0681. The fourth-order valence-corrected chi connectivity index (χ4v) is 10.3. The Hall–Kier alpha value is -5.16. The minimum atomic E-state index is -1.22. The molecule has 2 saturated carbocycles. The van der Waals surface area contributed by atoms with Gasteiger partial charge < -0.3 is 0 Å². The number of rotatable bonds is 3. The van der Waals surface area contributed by atoms with Crippen LogP contribution in [0.25, 0.3) is 0 Å². The number of nitriles is 1. The molecule has 4 amide bonds. The Morgan fingerprint density at radius 3 is 1.93 bits per heavy atom. The number of benzene rings is 3. The summed E-state index contributed by atoms with van der Waals surface area (Å²) in [5, 5.41) is 15.7. The molecule has 9 aliphatic rings. The van der Waals surface area contributed by atoms with Gasteiger partial charge >= 0.3 is 0 Å². The molecule has 2 saturated heterocycles. The van der Waals surface area contributed by atoms with E-state index in [2.05, 4.69) is 18.2 Å². The number of carbonyl (C=O) groups excluding carboxylic acids is 4. The molecular formula is C37H26N4O4. The molecule has 218 valence electrons. The average molecular weight is 591 g/mol. The zero-order valence-corrected chi connectivity index (χ0v) is 24.0. The molecule has 3 aromatic carbocycles.